The standard InChI is InChI=1S/C29H33ClN4O5S/c1-3-32(15-13-21-7-5-4-6-8-21)28(36)20(2)33-16-14-26(29(33)37)34(19-27(31)35)40(38,39)25-12-10-22-17-24(30)11-9-23(22)18-25/h4-12,17-18,20,26H,3,13-16,19H2,1-2H3,(H2,31,35)/t20?,26-/m0/s1. The summed E-state index contributed by atoms with van der Waals surface area (Å²) < 4.78 is 28.3. The summed E-state index contributed by atoms with van der Waals surface area (Å²) in [5.74, 6) is -1.63. The van der Waals surface area contributed by atoms with Crippen LogP contribution in [0.1, 0.15) is 25.8 Å². The molecule has 1 fully saturated rings. The van der Waals surface area contributed by atoms with Crippen molar-refractivity contribution >= 4 is 50.1 Å². The number of rotatable bonds is 11. The Kier molecular flexibility index (Phi) is 9.12. The number of hydrogen-bond acceptors (Lipinski definition) is 5. The number of hydrogen-bond donors (Lipinski definition) is 1. The molecule has 0 radical (unpaired) electrons. The molecule has 0 bridgehead atoms. The van der Waals surface area contributed by atoms with E-state index in [1.807, 2.05) is 37.3 Å². The van der Waals surface area contributed by atoms with E-state index >= 15 is 0 Å². The Morgan fingerprint density at radius 3 is 2.42 bits per heavy atom. The first kappa shape index (κ1) is 29.5. The van der Waals surface area contributed by atoms with Crippen LogP contribution in [0.5, 0.6) is 0 Å². The third kappa shape index (κ3) is 6.29. The highest BCUT2D eigenvalue weighted by molar-refractivity contribution is 7.89. The Bertz CT molecular complexity index is 1520. The van der Waals surface area contributed by atoms with E-state index in [4.69, 9.17) is 17.3 Å². The molecule has 0 spiro atoms. The lowest BCUT2D eigenvalue weighted by molar-refractivity contribution is -0.144. The van der Waals surface area contributed by atoms with E-state index in [2.05, 4.69) is 0 Å². The van der Waals surface area contributed by atoms with E-state index in [1.54, 1.807) is 36.1 Å². The number of benzene rings is 3. The molecule has 0 saturated carbocycles. The second-order valence-electron chi connectivity index (χ2n) is 9.84. The highest BCUT2D eigenvalue weighted by atomic mass is 35.5. The molecule has 2 atom stereocenters. The Hall–Kier alpha value is -3.47. The average Bonchev–Trinajstić information content (AvgIpc) is 3.32. The van der Waals surface area contributed by atoms with Crippen molar-refractivity contribution in [3.05, 3.63) is 77.3 Å². The molecule has 0 aromatic heterocycles. The van der Waals surface area contributed by atoms with Crippen LogP contribution in [0, 0.1) is 0 Å². The van der Waals surface area contributed by atoms with Crippen LogP contribution in [0.3, 0.4) is 0 Å². The number of nitrogens with two attached hydrogens (primary N) is 1. The SMILES string of the molecule is CCN(CCc1ccccc1)C(=O)C(C)N1CC[C@H](N(CC(N)=O)S(=O)(=O)c2ccc3cc(Cl)ccc3c2)C1=O. The molecule has 2 N–H and O–H groups in total. The summed E-state index contributed by atoms with van der Waals surface area (Å²) in [4.78, 5) is 41.9. The lowest BCUT2D eigenvalue weighted by Gasteiger charge is -2.31. The van der Waals surface area contributed by atoms with Crippen LogP contribution in [0.4, 0.5) is 0 Å². The Labute approximate surface area is 239 Å². The molecular weight excluding hydrogens is 552 g/mol. The van der Waals surface area contributed by atoms with E-state index in [0.717, 1.165) is 15.3 Å². The number of fused-ring (bicyclic) bond motifs is 1. The molecule has 1 aliphatic rings. The van der Waals surface area contributed by atoms with Crippen molar-refractivity contribution in [1.82, 2.24) is 14.1 Å². The predicted molar refractivity (Wildman–Crippen MR) is 154 cm³/mol. The summed E-state index contributed by atoms with van der Waals surface area (Å²) in [6.07, 6.45) is 0.800. The molecule has 3 amide bonds. The number of primary amides is 1. The number of sulfonamides is 1. The third-order valence-electron chi connectivity index (χ3n) is 7.28. The second kappa shape index (κ2) is 12.4. The first-order chi connectivity index (χ1) is 19.0. The molecule has 3 aromatic rings. The molecule has 1 unspecified atom stereocenters. The fraction of sp³-hybridized carbons (Fsp3) is 0.345. The minimum absolute atomic E-state index is 0.0722. The van der Waals surface area contributed by atoms with Crippen LogP contribution in [0.15, 0.2) is 71.6 Å². The van der Waals surface area contributed by atoms with Gasteiger partial charge in [0.25, 0.3) is 0 Å². The number of amides is 3. The van der Waals surface area contributed by atoms with Crippen LogP contribution in [-0.4, -0.2) is 78.5 Å². The summed E-state index contributed by atoms with van der Waals surface area (Å²) in [7, 11) is -4.29. The first-order valence-corrected chi connectivity index (χ1v) is 15.0. The van der Waals surface area contributed by atoms with E-state index < -0.39 is 40.5 Å². The molecular formula is C29H33ClN4O5S. The van der Waals surface area contributed by atoms with Crippen LogP contribution >= 0.6 is 11.6 Å². The van der Waals surface area contributed by atoms with Crippen molar-refractivity contribution in [2.75, 3.05) is 26.2 Å². The van der Waals surface area contributed by atoms with Crippen LogP contribution in [-0.2, 0) is 30.8 Å². The smallest absolute Gasteiger partial charge is 0.245 e. The minimum Gasteiger partial charge on any atom is -0.369 e. The van der Waals surface area contributed by atoms with Crippen molar-refractivity contribution in [2.45, 2.75) is 43.7 Å². The van der Waals surface area contributed by atoms with Gasteiger partial charge in [0.2, 0.25) is 27.7 Å². The normalized spacial score (nSPS) is 16.4. The van der Waals surface area contributed by atoms with Gasteiger partial charge in [0.1, 0.15) is 12.1 Å². The van der Waals surface area contributed by atoms with E-state index in [9.17, 15) is 22.8 Å². The molecule has 4 rings (SSSR count). The van der Waals surface area contributed by atoms with Gasteiger partial charge in [0, 0.05) is 24.7 Å². The van der Waals surface area contributed by atoms with Gasteiger partial charge >= 0.3 is 0 Å². The monoisotopic (exact) mass is 584 g/mol. The number of likely N-dealkylation sites (N-methyl/N-ethyl adjacent to an activating group) is 1. The highest BCUT2D eigenvalue weighted by Gasteiger charge is 2.45. The van der Waals surface area contributed by atoms with Gasteiger partial charge in [-0.25, -0.2) is 8.42 Å². The lowest BCUT2D eigenvalue weighted by atomic mass is 10.1. The van der Waals surface area contributed by atoms with Crippen molar-refractivity contribution in [3.63, 3.8) is 0 Å². The summed E-state index contributed by atoms with van der Waals surface area (Å²) >= 11 is 6.05. The van der Waals surface area contributed by atoms with Crippen LogP contribution < -0.4 is 5.73 Å². The van der Waals surface area contributed by atoms with Crippen LogP contribution in [0.25, 0.3) is 10.8 Å². The van der Waals surface area contributed by atoms with Gasteiger partial charge in [0.15, 0.2) is 0 Å². The predicted octanol–water partition coefficient (Wildman–Crippen LogP) is 3.05. The van der Waals surface area contributed by atoms with Gasteiger partial charge in [-0.15, -0.1) is 0 Å². The molecule has 1 saturated heterocycles. The van der Waals surface area contributed by atoms with Gasteiger partial charge < -0.3 is 15.5 Å². The van der Waals surface area contributed by atoms with E-state index in [0.29, 0.717) is 29.9 Å². The Morgan fingerprint density at radius 1 is 1.07 bits per heavy atom. The van der Waals surface area contributed by atoms with Crippen molar-refractivity contribution in [3.8, 4) is 0 Å². The van der Waals surface area contributed by atoms with Gasteiger partial charge in [-0.2, -0.15) is 4.31 Å². The molecule has 9 nitrogen and oxygen atoms in total. The van der Waals surface area contributed by atoms with Gasteiger partial charge in [-0.1, -0.05) is 54.1 Å². The summed E-state index contributed by atoms with van der Waals surface area (Å²) in [6, 6.07) is 17.4. The maximum absolute atomic E-state index is 13.7. The zero-order valence-electron chi connectivity index (χ0n) is 22.5. The zero-order valence-corrected chi connectivity index (χ0v) is 24.1. The molecule has 212 valence electrons. The minimum atomic E-state index is -4.29. The van der Waals surface area contributed by atoms with Crippen molar-refractivity contribution in [2.24, 2.45) is 5.73 Å². The largest absolute Gasteiger partial charge is 0.369 e. The number of halogens is 1. The molecule has 40 heavy (non-hydrogen) atoms. The fourth-order valence-electron chi connectivity index (χ4n) is 5.08. The molecule has 3 aromatic carbocycles. The molecule has 1 aliphatic heterocycles. The van der Waals surface area contributed by atoms with Crippen molar-refractivity contribution in [1.29, 1.82) is 0 Å². The molecule has 1 heterocycles. The third-order valence-corrected chi connectivity index (χ3v) is 9.37. The topological polar surface area (TPSA) is 121 Å². The number of likely N-dealkylation sites (tertiary alicyclic amines) is 1. The Balaban J connectivity index is 1.54. The second-order valence-corrected chi connectivity index (χ2v) is 12.2. The maximum Gasteiger partial charge on any atom is 0.245 e. The first-order valence-electron chi connectivity index (χ1n) is 13.2. The maximum atomic E-state index is 13.7. The Morgan fingerprint density at radius 2 is 1.75 bits per heavy atom. The number of carbonyl (C=O) groups excluding carboxylic acids is 3. The fourth-order valence-corrected chi connectivity index (χ4v) is 6.87. The summed E-state index contributed by atoms with van der Waals surface area (Å²) in [5.41, 5.74) is 6.52. The zero-order chi connectivity index (χ0) is 29.0. The number of nitrogens with zero attached hydrogens (tertiary/aromatic N) is 3. The molecule has 0 aliphatic carbocycles. The van der Waals surface area contributed by atoms with Gasteiger partial charge in [-0.3, -0.25) is 14.4 Å². The average molecular weight is 585 g/mol. The quantitative estimate of drug-likeness (QED) is 0.371. The summed E-state index contributed by atoms with van der Waals surface area (Å²) in [6.45, 7) is 4.00. The summed E-state index contributed by atoms with van der Waals surface area (Å²) in [5, 5.41) is 1.90. The van der Waals surface area contributed by atoms with Crippen LogP contribution in [0.2, 0.25) is 5.02 Å². The number of carbonyl (C=O) groups is 3. The molecule has 11 heteroatoms. The lowest BCUT2D eigenvalue weighted by Crippen LogP contribution is -2.52. The van der Waals surface area contributed by atoms with Crippen molar-refractivity contribution < 1.29 is 22.8 Å². The van der Waals surface area contributed by atoms with Gasteiger partial charge in [-0.05, 0) is 67.3 Å². The highest BCUT2D eigenvalue weighted by Crippen LogP contribution is 2.29. The van der Waals surface area contributed by atoms with E-state index in [-0.39, 0.29) is 23.8 Å². The van der Waals surface area contributed by atoms with Gasteiger partial charge in [0.05, 0.1) is 11.4 Å². The van der Waals surface area contributed by atoms with E-state index in [1.165, 1.54) is 17.0 Å².